The van der Waals surface area contributed by atoms with Gasteiger partial charge in [-0.05, 0) is 31.4 Å². The minimum atomic E-state index is -0.611. The molecule has 1 heterocycles. The minimum Gasteiger partial charge on any atom is -0.484 e. The summed E-state index contributed by atoms with van der Waals surface area (Å²) in [5.74, 6) is 0.121. The van der Waals surface area contributed by atoms with Crippen molar-refractivity contribution in [3.05, 3.63) is 29.6 Å². The molecule has 4 heteroatoms. The van der Waals surface area contributed by atoms with Crippen molar-refractivity contribution in [2.75, 3.05) is 7.11 Å². The molecule has 3 unspecified atom stereocenters. The fourth-order valence-electron chi connectivity index (χ4n) is 3.43. The van der Waals surface area contributed by atoms with E-state index in [1.165, 1.54) is 12.1 Å². The number of aliphatic hydroxyl groups excluding tert-OH is 1. The molecule has 1 spiro atoms. The van der Waals surface area contributed by atoms with Gasteiger partial charge in [0.1, 0.15) is 17.2 Å². The average molecular weight is 266 g/mol. The van der Waals surface area contributed by atoms with Crippen LogP contribution in [0.4, 0.5) is 4.39 Å². The molecule has 0 saturated heterocycles. The monoisotopic (exact) mass is 266 g/mol. The van der Waals surface area contributed by atoms with Crippen molar-refractivity contribution in [2.24, 2.45) is 0 Å². The highest BCUT2D eigenvalue weighted by atomic mass is 19.1. The summed E-state index contributed by atoms with van der Waals surface area (Å²) in [6.45, 7) is 0. The van der Waals surface area contributed by atoms with Gasteiger partial charge in [-0.15, -0.1) is 0 Å². The molecule has 3 nitrogen and oxygen atoms in total. The van der Waals surface area contributed by atoms with Gasteiger partial charge in [-0.2, -0.15) is 0 Å². The number of hydrogen-bond acceptors (Lipinski definition) is 3. The zero-order valence-corrected chi connectivity index (χ0v) is 11.1. The normalized spacial score (nSPS) is 33.8. The lowest BCUT2D eigenvalue weighted by Gasteiger charge is -2.47. The van der Waals surface area contributed by atoms with Crippen LogP contribution in [0, 0.1) is 5.82 Å². The maximum absolute atomic E-state index is 13.4. The summed E-state index contributed by atoms with van der Waals surface area (Å²) in [5, 5.41) is 10.3. The largest absolute Gasteiger partial charge is 0.484 e. The molecule has 104 valence electrons. The smallest absolute Gasteiger partial charge is 0.138 e. The summed E-state index contributed by atoms with van der Waals surface area (Å²) in [6.07, 6.45) is 3.80. The van der Waals surface area contributed by atoms with E-state index in [4.69, 9.17) is 9.47 Å². The molecular weight excluding hydrogens is 247 g/mol. The number of ether oxygens (including phenoxy) is 2. The molecule has 3 atom stereocenters. The first kappa shape index (κ1) is 12.9. The van der Waals surface area contributed by atoms with E-state index >= 15 is 0 Å². The highest BCUT2D eigenvalue weighted by molar-refractivity contribution is 5.39. The number of halogens is 1. The van der Waals surface area contributed by atoms with Gasteiger partial charge in [-0.25, -0.2) is 4.39 Å². The summed E-state index contributed by atoms with van der Waals surface area (Å²) in [4.78, 5) is 0. The minimum absolute atomic E-state index is 0.0349. The lowest BCUT2D eigenvalue weighted by Crippen LogP contribution is -2.53. The summed E-state index contributed by atoms with van der Waals surface area (Å²) in [5.41, 5.74) is 0.167. The number of rotatable bonds is 1. The van der Waals surface area contributed by atoms with E-state index in [2.05, 4.69) is 0 Å². The van der Waals surface area contributed by atoms with Gasteiger partial charge in [0.2, 0.25) is 0 Å². The summed E-state index contributed by atoms with van der Waals surface area (Å²) >= 11 is 0. The zero-order valence-electron chi connectivity index (χ0n) is 11.1. The molecular formula is C15H19FO3. The SMILES string of the molecule is COC1CCCCC12CC(O)c1ccc(F)cc1O2. The molecule has 1 N–H and O–H groups in total. The fourth-order valence-corrected chi connectivity index (χ4v) is 3.43. The topological polar surface area (TPSA) is 38.7 Å². The van der Waals surface area contributed by atoms with Crippen molar-refractivity contribution in [3.8, 4) is 5.75 Å². The van der Waals surface area contributed by atoms with E-state index in [1.807, 2.05) is 0 Å². The lowest BCUT2D eigenvalue weighted by atomic mass is 9.75. The molecule has 1 aromatic rings. The van der Waals surface area contributed by atoms with E-state index in [1.54, 1.807) is 13.2 Å². The van der Waals surface area contributed by atoms with E-state index < -0.39 is 11.7 Å². The maximum atomic E-state index is 13.4. The Bertz CT molecular complexity index is 476. The Kier molecular flexibility index (Phi) is 3.23. The van der Waals surface area contributed by atoms with E-state index in [0.29, 0.717) is 17.7 Å². The first-order chi connectivity index (χ1) is 9.14. The first-order valence-corrected chi connectivity index (χ1v) is 6.84. The predicted octanol–water partition coefficient (Wildman–Crippen LogP) is 2.97. The van der Waals surface area contributed by atoms with Gasteiger partial charge in [0.25, 0.3) is 0 Å². The number of benzene rings is 1. The van der Waals surface area contributed by atoms with Crippen LogP contribution in [-0.4, -0.2) is 23.9 Å². The Morgan fingerprint density at radius 1 is 1.42 bits per heavy atom. The van der Waals surface area contributed by atoms with Crippen LogP contribution < -0.4 is 4.74 Å². The Morgan fingerprint density at radius 2 is 2.26 bits per heavy atom. The van der Waals surface area contributed by atoms with E-state index in [-0.39, 0.29) is 11.9 Å². The number of hydrogen-bond donors (Lipinski definition) is 1. The van der Waals surface area contributed by atoms with Crippen LogP contribution >= 0.6 is 0 Å². The van der Waals surface area contributed by atoms with Gasteiger partial charge < -0.3 is 14.6 Å². The number of fused-ring (bicyclic) bond motifs is 1. The first-order valence-electron chi connectivity index (χ1n) is 6.84. The molecule has 0 bridgehead atoms. The van der Waals surface area contributed by atoms with Gasteiger partial charge >= 0.3 is 0 Å². The second kappa shape index (κ2) is 4.76. The average Bonchev–Trinajstić information content (AvgIpc) is 2.38. The molecule has 1 aliphatic heterocycles. The van der Waals surface area contributed by atoms with Crippen LogP contribution in [0.1, 0.15) is 43.8 Å². The molecule has 0 amide bonds. The van der Waals surface area contributed by atoms with Gasteiger partial charge in [0, 0.05) is 25.2 Å². The van der Waals surface area contributed by atoms with Crippen molar-refractivity contribution in [1.82, 2.24) is 0 Å². The molecule has 0 radical (unpaired) electrons. The summed E-state index contributed by atoms with van der Waals surface area (Å²) in [6, 6.07) is 4.33. The summed E-state index contributed by atoms with van der Waals surface area (Å²) in [7, 11) is 1.68. The molecule has 1 saturated carbocycles. The van der Waals surface area contributed by atoms with Crippen LogP contribution in [0.15, 0.2) is 18.2 Å². The van der Waals surface area contributed by atoms with Crippen LogP contribution in [0.3, 0.4) is 0 Å². The molecule has 1 aliphatic carbocycles. The molecule has 1 aromatic carbocycles. The summed E-state index contributed by atoms with van der Waals surface area (Å²) < 4.78 is 25.0. The predicted molar refractivity (Wildman–Crippen MR) is 68.6 cm³/mol. The quantitative estimate of drug-likeness (QED) is 0.849. The van der Waals surface area contributed by atoms with E-state index in [9.17, 15) is 9.50 Å². The van der Waals surface area contributed by atoms with Crippen LogP contribution in [0.2, 0.25) is 0 Å². The molecule has 19 heavy (non-hydrogen) atoms. The van der Waals surface area contributed by atoms with E-state index in [0.717, 1.165) is 25.7 Å². The van der Waals surface area contributed by atoms with Gasteiger partial charge in [0.15, 0.2) is 0 Å². The standard InChI is InChI=1S/C15H19FO3/c1-18-14-4-2-3-7-15(14)9-12(17)11-6-5-10(16)8-13(11)19-15/h5-6,8,12,14,17H,2-4,7,9H2,1H3. The Balaban J connectivity index is 1.98. The van der Waals surface area contributed by atoms with Crippen LogP contribution in [0.5, 0.6) is 5.75 Å². The van der Waals surface area contributed by atoms with Crippen molar-refractivity contribution >= 4 is 0 Å². The lowest BCUT2D eigenvalue weighted by molar-refractivity contribution is -0.130. The third-order valence-electron chi connectivity index (χ3n) is 4.37. The third kappa shape index (κ3) is 2.13. The highest BCUT2D eigenvalue weighted by Crippen LogP contribution is 2.47. The number of methoxy groups -OCH3 is 1. The molecule has 2 aliphatic rings. The second-order valence-corrected chi connectivity index (χ2v) is 5.54. The maximum Gasteiger partial charge on any atom is 0.138 e. The Morgan fingerprint density at radius 3 is 3.05 bits per heavy atom. The fraction of sp³-hybridized carbons (Fsp3) is 0.600. The van der Waals surface area contributed by atoms with Gasteiger partial charge in [0.05, 0.1) is 12.2 Å². The third-order valence-corrected chi connectivity index (χ3v) is 4.37. The van der Waals surface area contributed by atoms with Gasteiger partial charge in [-0.3, -0.25) is 0 Å². The Labute approximate surface area is 112 Å². The van der Waals surface area contributed by atoms with Crippen LogP contribution in [0.25, 0.3) is 0 Å². The van der Waals surface area contributed by atoms with Gasteiger partial charge in [-0.1, -0.05) is 6.42 Å². The molecule has 1 fully saturated rings. The van der Waals surface area contributed by atoms with Crippen molar-refractivity contribution in [1.29, 1.82) is 0 Å². The van der Waals surface area contributed by atoms with Crippen LogP contribution in [-0.2, 0) is 4.74 Å². The Hall–Kier alpha value is -1.13. The zero-order chi connectivity index (χ0) is 13.5. The highest BCUT2D eigenvalue weighted by Gasteiger charge is 2.48. The van der Waals surface area contributed by atoms with Crippen molar-refractivity contribution in [2.45, 2.75) is 49.9 Å². The van der Waals surface area contributed by atoms with Crippen molar-refractivity contribution < 1.29 is 19.0 Å². The molecule has 0 aromatic heterocycles. The second-order valence-electron chi connectivity index (χ2n) is 5.54. The number of aliphatic hydroxyl groups is 1. The van der Waals surface area contributed by atoms with Crippen molar-refractivity contribution in [3.63, 3.8) is 0 Å². The molecule has 3 rings (SSSR count).